The first-order chi connectivity index (χ1) is 8.58. The van der Waals surface area contributed by atoms with Crippen LogP contribution in [-0.4, -0.2) is 24.8 Å². The van der Waals surface area contributed by atoms with Gasteiger partial charge in [0.25, 0.3) is 0 Å². The van der Waals surface area contributed by atoms with Gasteiger partial charge < -0.3 is 15.2 Å². The van der Waals surface area contributed by atoms with E-state index in [2.05, 4.69) is 0 Å². The normalized spacial score (nSPS) is 23.0. The minimum absolute atomic E-state index is 0.0327. The van der Waals surface area contributed by atoms with Crippen LogP contribution in [0.4, 0.5) is 5.69 Å². The Morgan fingerprint density at radius 2 is 2.28 bits per heavy atom. The number of nitrogen functional groups attached to an aromatic ring is 1. The highest BCUT2D eigenvalue weighted by atomic mass is 16.6. The van der Waals surface area contributed by atoms with Gasteiger partial charge in [0.2, 0.25) is 0 Å². The fourth-order valence-corrected chi connectivity index (χ4v) is 2.13. The Morgan fingerprint density at radius 3 is 2.94 bits per heavy atom. The number of benzene rings is 1. The van der Waals surface area contributed by atoms with E-state index in [1.807, 2.05) is 13.8 Å². The molecule has 4 heteroatoms. The van der Waals surface area contributed by atoms with E-state index in [0.29, 0.717) is 17.9 Å². The molecule has 0 radical (unpaired) electrons. The molecule has 1 heterocycles. The summed E-state index contributed by atoms with van der Waals surface area (Å²) in [4.78, 5) is 11.9. The Balaban J connectivity index is 1.94. The molecule has 0 aliphatic carbocycles. The number of ether oxygens (including phenoxy) is 2. The second-order valence-corrected chi connectivity index (χ2v) is 4.76. The van der Waals surface area contributed by atoms with Gasteiger partial charge in [-0.1, -0.05) is 6.07 Å². The lowest BCUT2D eigenvalue weighted by Crippen LogP contribution is -2.19. The molecule has 18 heavy (non-hydrogen) atoms. The Kier molecular flexibility index (Phi) is 3.87. The zero-order chi connectivity index (χ0) is 13.1. The van der Waals surface area contributed by atoms with Crippen LogP contribution in [0.3, 0.4) is 0 Å². The quantitative estimate of drug-likeness (QED) is 0.659. The SMILES string of the molecule is Cc1c(N)cccc1C(=O)OCC1CCC(C)O1. The molecule has 1 saturated heterocycles. The fraction of sp³-hybridized carbons (Fsp3) is 0.500. The van der Waals surface area contributed by atoms with Crippen molar-refractivity contribution in [1.29, 1.82) is 0 Å². The van der Waals surface area contributed by atoms with Crippen molar-refractivity contribution in [1.82, 2.24) is 0 Å². The number of carbonyl (C=O) groups excluding carboxylic acids is 1. The molecule has 1 aliphatic rings. The summed E-state index contributed by atoms with van der Waals surface area (Å²) in [7, 11) is 0. The van der Waals surface area contributed by atoms with Gasteiger partial charge in [-0.05, 0) is 44.4 Å². The summed E-state index contributed by atoms with van der Waals surface area (Å²) in [6.07, 6.45) is 2.28. The van der Waals surface area contributed by atoms with Crippen LogP contribution in [0.1, 0.15) is 35.7 Å². The number of esters is 1. The minimum Gasteiger partial charge on any atom is -0.459 e. The molecule has 2 N–H and O–H groups in total. The van der Waals surface area contributed by atoms with Crippen molar-refractivity contribution in [3.8, 4) is 0 Å². The summed E-state index contributed by atoms with van der Waals surface area (Å²) < 4.78 is 10.9. The zero-order valence-electron chi connectivity index (χ0n) is 10.8. The number of anilines is 1. The molecular weight excluding hydrogens is 230 g/mol. The van der Waals surface area contributed by atoms with E-state index in [-0.39, 0.29) is 18.2 Å². The monoisotopic (exact) mass is 249 g/mol. The lowest BCUT2D eigenvalue weighted by Gasteiger charge is -2.13. The molecule has 2 atom stereocenters. The predicted molar refractivity (Wildman–Crippen MR) is 69.4 cm³/mol. The highest BCUT2D eigenvalue weighted by Crippen LogP contribution is 2.20. The molecule has 98 valence electrons. The van der Waals surface area contributed by atoms with Gasteiger partial charge in [0.1, 0.15) is 6.61 Å². The molecule has 0 spiro atoms. The molecule has 1 fully saturated rings. The molecule has 0 aromatic heterocycles. The summed E-state index contributed by atoms with van der Waals surface area (Å²) in [5, 5.41) is 0. The van der Waals surface area contributed by atoms with Crippen LogP contribution in [0.25, 0.3) is 0 Å². The third-order valence-corrected chi connectivity index (χ3v) is 3.32. The lowest BCUT2D eigenvalue weighted by atomic mass is 10.1. The van der Waals surface area contributed by atoms with Gasteiger partial charge >= 0.3 is 5.97 Å². The van der Waals surface area contributed by atoms with Crippen molar-refractivity contribution in [3.63, 3.8) is 0 Å². The first-order valence-corrected chi connectivity index (χ1v) is 6.25. The van der Waals surface area contributed by atoms with E-state index in [1.165, 1.54) is 0 Å². The average Bonchev–Trinajstić information content (AvgIpc) is 2.76. The zero-order valence-corrected chi connectivity index (χ0v) is 10.8. The first kappa shape index (κ1) is 12.9. The smallest absolute Gasteiger partial charge is 0.338 e. The molecule has 1 aromatic carbocycles. The molecule has 0 bridgehead atoms. The van der Waals surface area contributed by atoms with Gasteiger partial charge in [0.15, 0.2) is 0 Å². The molecular formula is C14H19NO3. The third-order valence-electron chi connectivity index (χ3n) is 3.32. The van der Waals surface area contributed by atoms with Crippen LogP contribution in [0.5, 0.6) is 0 Å². The Hall–Kier alpha value is -1.55. The van der Waals surface area contributed by atoms with Crippen molar-refractivity contribution in [2.75, 3.05) is 12.3 Å². The van der Waals surface area contributed by atoms with E-state index in [4.69, 9.17) is 15.2 Å². The Labute approximate surface area is 107 Å². The molecule has 0 amide bonds. The van der Waals surface area contributed by atoms with Crippen LogP contribution in [0.2, 0.25) is 0 Å². The fourth-order valence-electron chi connectivity index (χ4n) is 2.13. The summed E-state index contributed by atoms with van der Waals surface area (Å²) in [5.74, 6) is -0.331. The number of hydrogen-bond acceptors (Lipinski definition) is 4. The van der Waals surface area contributed by atoms with E-state index >= 15 is 0 Å². The van der Waals surface area contributed by atoms with Crippen molar-refractivity contribution < 1.29 is 14.3 Å². The molecule has 1 aromatic rings. The van der Waals surface area contributed by atoms with Crippen molar-refractivity contribution in [2.24, 2.45) is 0 Å². The molecule has 2 unspecified atom stereocenters. The Morgan fingerprint density at radius 1 is 1.50 bits per heavy atom. The van der Waals surface area contributed by atoms with E-state index in [0.717, 1.165) is 18.4 Å². The summed E-state index contributed by atoms with van der Waals surface area (Å²) in [5.41, 5.74) is 7.66. The van der Waals surface area contributed by atoms with E-state index in [9.17, 15) is 4.79 Å². The first-order valence-electron chi connectivity index (χ1n) is 6.25. The lowest BCUT2D eigenvalue weighted by molar-refractivity contribution is -0.00269. The van der Waals surface area contributed by atoms with Gasteiger partial charge in [-0.15, -0.1) is 0 Å². The predicted octanol–water partition coefficient (Wildman–Crippen LogP) is 2.30. The molecule has 4 nitrogen and oxygen atoms in total. The van der Waals surface area contributed by atoms with Crippen LogP contribution in [-0.2, 0) is 9.47 Å². The summed E-state index contributed by atoms with van der Waals surface area (Å²) in [6.45, 7) is 4.17. The maximum absolute atomic E-state index is 11.9. The van der Waals surface area contributed by atoms with Crippen LogP contribution < -0.4 is 5.73 Å². The summed E-state index contributed by atoms with van der Waals surface area (Å²) >= 11 is 0. The van der Waals surface area contributed by atoms with Gasteiger partial charge in [-0.3, -0.25) is 0 Å². The largest absolute Gasteiger partial charge is 0.459 e. The maximum Gasteiger partial charge on any atom is 0.338 e. The second-order valence-electron chi connectivity index (χ2n) is 4.76. The number of carbonyl (C=O) groups is 1. The topological polar surface area (TPSA) is 61.6 Å². The van der Waals surface area contributed by atoms with Crippen molar-refractivity contribution in [2.45, 2.75) is 38.9 Å². The highest BCUT2D eigenvalue weighted by molar-refractivity contribution is 5.92. The molecule has 0 saturated carbocycles. The van der Waals surface area contributed by atoms with Crippen LogP contribution in [0.15, 0.2) is 18.2 Å². The summed E-state index contributed by atoms with van der Waals surface area (Å²) in [6, 6.07) is 5.26. The van der Waals surface area contributed by atoms with Crippen molar-refractivity contribution >= 4 is 11.7 Å². The van der Waals surface area contributed by atoms with Gasteiger partial charge in [0.05, 0.1) is 17.8 Å². The maximum atomic E-state index is 11.9. The number of nitrogens with two attached hydrogens (primary N) is 1. The standard InChI is InChI=1S/C14H19NO3/c1-9-6-7-11(18-9)8-17-14(16)12-4-3-5-13(15)10(12)2/h3-5,9,11H,6-8,15H2,1-2H3. The van der Waals surface area contributed by atoms with Crippen molar-refractivity contribution in [3.05, 3.63) is 29.3 Å². The highest BCUT2D eigenvalue weighted by Gasteiger charge is 2.23. The average molecular weight is 249 g/mol. The van der Waals surface area contributed by atoms with E-state index < -0.39 is 0 Å². The van der Waals surface area contributed by atoms with Crippen LogP contribution >= 0.6 is 0 Å². The minimum atomic E-state index is -0.331. The second kappa shape index (κ2) is 5.40. The van der Waals surface area contributed by atoms with E-state index in [1.54, 1.807) is 18.2 Å². The molecule has 2 rings (SSSR count). The third kappa shape index (κ3) is 2.82. The number of hydrogen-bond donors (Lipinski definition) is 1. The van der Waals surface area contributed by atoms with Gasteiger partial charge in [-0.25, -0.2) is 4.79 Å². The number of rotatable bonds is 3. The molecule has 1 aliphatic heterocycles. The van der Waals surface area contributed by atoms with Gasteiger partial charge in [0, 0.05) is 5.69 Å². The Bertz CT molecular complexity index is 445. The van der Waals surface area contributed by atoms with Gasteiger partial charge in [-0.2, -0.15) is 0 Å². The van der Waals surface area contributed by atoms with Crippen LogP contribution in [0, 0.1) is 6.92 Å².